The van der Waals surface area contributed by atoms with Crippen LogP contribution in [0, 0.1) is 0 Å². The number of para-hydroxylation sites is 1. The maximum absolute atomic E-state index is 12.7. The number of nitrogens with zero attached hydrogens (tertiary/aromatic N) is 4. The van der Waals surface area contributed by atoms with Crippen molar-refractivity contribution in [3.05, 3.63) is 66.2 Å². The number of benzene rings is 2. The number of hydrogen-bond acceptors (Lipinski definition) is 6. The van der Waals surface area contributed by atoms with Crippen LogP contribution in [0.3, 0.4) is 0 Å². The Bertz CT molecular complexity index is 1030. The molecule has 2 amide bonds. The van der Waals surface area contributed by atoms with Crippen LogP contribution in [0.2, 0.25) is 0 Å². The molecule has 0 aromatic heterocycles. The van der Waals surface area contributed by atoms with Crippen molar-refractivity contribution < 1.29 is 19.1 Å². The molecular formula is C26H30N4O4. The molecule has 1 atom stereocenters. The highest BCUT2D eigenvalue weighted by atomic mass is 16.5. The highest BCUT2D eigenvalue weighted by Gasteiger charge is 2.28. The van der Waals surface area contributed by atoms with Crippen LogP contribution in [-0.2, 0) is 19.1 Å². The van der Waals surface area contributed by atoms with E-state index in [0.29, 0.717) is 26.1 Å². The van der Waals surface area contributed by atoms with E-state index < -0.39 is 12.1 Å². The molecule has 2 aromatic carbocycles. The summed E-state index contributed by atoms with van der Waals surface area (Å²) in [6.45, 7) is 4.69. The Labute approximate surface area is 199 Å². The maximum atomic E-state index is 12.7. The summed E-state index contributed by atoms with van der Waals surface area (Å²) in [7, 11) is 0. The lowest BCUT2D eigenvalue weighted by Gasteiger charge is -2.37. The van der Waals surface area contributed by atoms with Crippen molar-refractivity contribution in [3.63, 3.8) is 0 Å². The van der Waals surface area contributed by atoms with E-state index in [1.165, 1.54) is 5.01 Å². The van der Waals surface area contributed by atoms with Gasteiger partial charge in [-0.3, -0.25) is 14.4 Å². The van der Waals surface area contributed by atoms with Crippen molar-refractivity contribution in [1.82, 2.24) is 9.91 Å². The Kier molecular flexibility index (Phi) is 7.57. The van der Waals surface area contributed by atoms with Crippen LogP contribution < -0.4 is 4.90 Å². The first-order valence-corrected chi connectivity index (χ1v) is 11.7. The Balaban J connectivity index is 1.19. The highest BCUT2D eigenvalue weighted by molar-refractivity contribution is 6.02. The fourth-order valence-electron chi connectivity index (χ4n) is 4.20. The van der Waals surface area contributed by atoms with Crippen LogP contribution in [0.1, 0.15) is 31.7 Å². The molecule has 8 heteroatoms. The molecule has 8 nitrogen and oxygen atoms in total. The van der Waals surface area contributed by atoms with Gasteiger partial charge in [0.15, 0.2) is 6.10 Å². The SMILES string of the molecule is CC(OC(=O)CCC(=O)N1CCC(c2ccccc2)=N1)C(=O)N1CCN(c2ccccc2)CC1. The minimum Gasteiger partial charge on any atom is -0.453 e. The molecule has 0 N–H and O–H groups in total. The molecule has 1 fully saturated rings. The zero-order valence-electron chi connectivity index (χ0n) is 19.4. The van der Waals surface area contributed by atoms with Crippen molar-refractivity contribution >= 4 is 29.2 Å². The standard InChI is InChI=1S/C26H30N4O4/c1-20(26(33)29-18-16-28(17-19-29)22-10-6-3-7-11-22)34-25(32)13-12-24(31)30-15-14-23(27-30)21-8-4-2-5-9-21/h2-11,20H,12-19H2,1H3. The lowest BCUT2D eigenvalue weighted by atomic mass is 10.1. The van der Waals surface area contributed by atoms with Gasteiger partial charge in [0.2, 0.25) is 5.91 Å². The molecule has 34 heavy (non-hydrogen) atoms. The zero-order valence-corrected chi connectivity index (χ0v) is 19.4. The van der Waals surface area contributed by atoms with Gasteiger partial charge in [-0.25, -0.2) is 5.01 Å². The van der Waals surface area contributed by atoms with E-state index in [0.717, 1.165) is 30.1 Å². The van der Waals surface area contributed by atoms with Gasteiger partial charge in [0.1, 0.15) is 0 Å². The van der Waals surface area contributed by atoms with Gasteiger partial charge in [-0.2, -0.15) is 5.10 Å². The van der Waals surface area contributed by atoms with Crippen LogP contribution in [0.25, 0.3) is 0 Å². The van der Waals surface area contributed by atoms with Gasteiger partial charge in [-0.1, -0.05) is 48.5 Å². The molecule has 4 rings (SSSR count). The lowest BCUT2D eigenvalue weighted by Crippen LogP contribution is -2.51. The number of carbonyl (C=O) groups is 3. The summed E-state index contributed by atoms with van der Waals surface area (Å²) in [4.78, 5) is 41.4. The van der Waals surface area contributed by atoms with Crippen LogP contribution in [0.4, 0.5) is 5.69 Å². The molecule has 2 aliphatic heterocycles. The number of ether oxygens (including phenoxy) is 1. The van der Waals surface area contributed by atoms with Crippen molar-refractivity contribution in [2.45, 2.75) is 32.3 Å². The number of rotatable bonds is 7. The number of amides is 2. The Morgan fingerprint density at radius 1 is 0.882 bits per heavy atom. The number of esters is 1. The normalized spacial score (nSPS) is 16.7. The van der Waals surface area contributed by atoms with E-state index in [2.05, 4.69) is 22.1 Å². The van der Waals surface area contributed by atoms with E-state index in [-0.39, 0.29) is 24.7 Å². The van der Waals surface area contributed by atoms with E-state index in [4.69, 9.17) is 4.74 Å². The quantitative estimate of drug-likeness (QED) is 0.591. The molecule has 0 radical (unpaired) electrons. The third-order valence-corrected chi connectivity index (χ3v) is 6.11. The molecule has 0 spiro atoms. The van der Waals surface area contributed by atoms with Gasteiger partial charge in [-0.05, 0) is 24.6 Å². The number of hydrogen-bond donors (Lipinski definition) is 0. The van der Waals surface area contributed by atoms with Crippen molar-refractivity contribution in [3.8, 4) is 0 Å². The molecule has 0 aliphatic carbocycles. The third kappa shape index (κ3) is 5.81. The predicted octanol–water partition coefficient (Wildman–Crippen LogP) is 2.68. The van der Waals surface area contributed by atoms with Gasteiger partial charge in [0, 0.05) is 44.7 Å². The maximum Gasteiger partial charge on any atom is 0.307 e. The van der Waals surface area contributed by atoms with Crippen molar-refractivity contribution in [2.24, 2.45) is 5.10 Å². The van der Waals surface area contributed by atoms with Crippen LogP contribution >= 0.6 is 0 Å². The topological polar surface area (TPSA) is 82.5 Å². The largest absolute Gasteiger partial charge is 0.453 e. The fraction of sp³-hybridized carbons (Fsp3) is 0.385. The number of hydrazone groups is 1. The summed E-state index contributed by atoms with van der Waals surface area (Å²) in [6, 6.07) is 19.8. The minimum absolute atomic E-state index is 0.00105. The van der Waals surface area contributed by atoms with Crippen molar-refractivity contribution in [2.75, 3.05) is 37.6 Å². The second kappa shape index (κ2) is 11.0. The first-order chi connectivity index (χ1) is 16.5. The highest BCUT2D eigenvalue weighted by Crippen LogP contribution is 2.17. The summed E-state index contributed by atoms with van der Waals surface area (Å²) < 4.78 is 5.33. The minimum atomic E-state index is -0.875. The second-order valence-corrected chi connectivity index (χ2v) is 8.46. The summed E-state index contributed by atoms with van der Waals surface area (Å²) in [5, 5.41) is 5.81. The molecule has 0 bridgehead atoms. The lowest BCUT2D eigenvalue weighted by molar-refractivity contribution is -0.159. The van der Waals surface area contributed by atoms with Crippen LogP contribution in [-0.4, -0.2) is 72.2 Å². The summed E-state index contributed by atoms with van der Waals surface area (Å²) in [6.07, 6.45) is -0.268. The first kappa shape index (κ1) is 23.5. The zero-order chi connectivity index (χ0) is 23.9. The van der Waals surface area contributed by atoms with Gasteiger partial charge in [0.25, 0.3) is 5.91 Å². The molecule has 2 aromatic rings. The smallest absolute Gasteiger partial charge is 0.307 e. The van der Waals surface area contributed by atoms with Gasteiger partial charge < -0.3 is 14.5 Å². The molecule has 1 unspecified atom stereocenters. The summed E-state index contributed by atoms with van der Waals surface area (Å²) >= 11 is 0. The first-order valence-electron chi connectivity index (χ1n) is 11.7. The Morgan fingerprint density at radius 3 is 2.21 bits per heavy atom. The monoisotopic (exact) mass is 462 g/mol. The number of piperazine rings is 1. The van der Waals surface area contributed by atoms with E-state index >= 15 is 0 Å². The molecule has 2 heterocycles. The average molecular weight is 463 g/mol. The molecule has 178 valence electrons. The number of carbonyl (C=O) groups excluding carboxylic acids is 3. The van der Waals surface area contributed by atoms with E-state index in [1.807, 2.05) is 48.5 Å². The fourth-order valence-corrected chi connectivity index (χ4v) is 4.20. The second-order valence-electron chi connectivity index (χ2n) is 8.46. The predicted molar refractivity (Wildman–Crippen MR) is 129 cm³/mol. The van der Waals surface area contributed by atoms with Gasteiger partial charge in [0.05, 0.1) is 18.7 Å². The van der Waals surface area contributed by atoms with E-state index in [9.17, 15) is 14.4 Å². The summed E-state index contributed by atoms with van der Waals surface area (Å²) in [5.74, 6) is -0.980. The molecule has 2 aliphatic rings. The Hall–Kier alpha value is -3.68. The van der Waals surface area contributed by atoms with Crippen LogP contribution in [0.5, 0.6) is 0 Å². The average Bonchev–Trinajstić information content (AvgIpc) is 3.38. The third-order valence-electron chi connectivity index (χ3n) is 6.11. The number of anilines is 1. The van der Waals surface area contributed by atoms with Crippen molar-refractivity contribution in [1.29, 1.82) is 0 Å². The van der Waals surface area contributed by atoms with Gasteiger partial charge in [-0.15, -0.1) is 0 Å². The Morgan fingerprint density at radius 2 is 1.53 bits per heavy atom. The van der Waals surface area contributed by atoms with E-state index in [1.54, 1.807) is 11.8 Å². The van der Waals surface area contributed by atoms with Gasteiger partial charge >= 0.3 is 5.97 Å². The van der Waals surface area contributed by atoms with Crippen LogP contribution in [0.15, 0.2) is 65.8 Å². The molecule has 1 saturated heterocycles. The molecular weight excluding hydrogens is 432 g/mol. The molecule has 0 saturated carbocycles. The summed E-state index contributed by atoms with van der Waals surface area (Å²) in [5.41, 5.74) is 2.99.